The molecule has 0 saturated heterocycles. The molecular formula is C12H15NO6S. The summed E-state index contributed by atoms with van der Waals surface area (Å²) in [4.78, 5) is 23.3. The normalized spacial score (nSPS) is 10.9. The number of nitrogens with zero attached hydrogens (tertiary/aromatic N) is 1. The van der Waals surface area contributed by atoms with Crippen LogP contribution in [-0.4, -0.2) is 57.3 Å². The molecule has 0 radical (unpaired) electrons. The van der Waals surface area contributed by atoms with Crippen LogP contribution in [0.2, 0.25) is 0 Å². The molecule has 0 fully saturated rings. The lowest BCUT2D eigenvalue weighted by Gasteiger charge is -2.13. The molecule has 0 aliphatic rings. The smallest absolute Gasteiger partial charge is 0.335 e. The van der Waals surface area contributed by atoms with E-state index in [4.69, 9.17) is 9.84 Å². The third kappa shape index (κ3) is 3.47. The van der Waals surface area contributed by atoms with Gasteiger partial charge in [0, 0.05) is 14.1 Å². The summed E-state index contributed by atoms with van der Waals surface area (Å²) in [6, 6.07) is 3.46. The van der Waals surface area contributed by atoms with Crippen LogP contribution in [0.15, 0.2) is 23.1 Å². The number of sulfone groups is 1. The SMILES string of the molecule is COc1ccc(C(=O)O)cc1S(=O)(=O)CC(=O)N(C)C. The van der Waals surface area contributed by atoms with Crippen LogP contribution in [0.1, 0.15) is 10.4 Å². The molecule has 1 aromatic carbocycles. The van der Waals surface area contributed by atoms with Crippen LogP contribution in [0.4, 0.5) is 0 Å². The van der Waals surface area contributed by atoms with Crippen molar-refractivity contribution >= 4 is 21.7 Å². The summed E-state index contributed by atoms with van der Waals surface area (Å²) in [5, 5.41) is 8.90. The lowest BCUT2D eigenvalue weighted by Crippen LogP contribution is -2.29. The Morgan fingerprint density at radius 3 is 2.35 bits per heavy atom. The van der Waals surface area contributed by atoms with Gasteiger partial charge in [0.2, 0.25) is 5.91 Å². The maximum Gasteiger partial charge on any atom is 0.335 e. The Balaban J connectivity index is 3.32. The Hall–Kier alpha value is -2.09. The van der Waals surface area contributed by atoms with Crippen molar-refractivity contribution in [1.82, 2.24) is 4.90 Å². The van der Waals surface area contributed by atoms with E-state index >= 15 is 0 Å². The highest BCUT2D eigenvalue weighted by atomic mass is 32.2. The molecule has 8 heteroatoms. The number of aromatic carboxylic acids is 1. The number of carbonyl (C=O) groups excluding carboxylic acids is 1. The first-order chi connectivity index (χ1) is 9.19. The van der Waals surface area contributed by atoms with Gasteiger partial charge in [-0.15, -0.1) is 0 Å². The summed E-state index contributed by atoms with van der Waals surface area (Å²) in [6.07, 6.45) is 0. The van der Waals surface area contributed by atoms with Crippen molar-refractivity contribution in [2.45, 2.75) is 4.90 Å². The molecule has 0 unspecified atom stereocenters. The van der Waals surface area contributed by atoms with Crippen LogP contribution < -0.4 is 4.74 Å². The number of hydrogen-bond acceptors (Lipinski definition) is 5. The van der Waals surface area contributed by atoms with Gasteiger partial charge in [0.15, 0.2) is 9.84 Å². The largest absolute Gasteiger partial charge is 0.495 e. The number of amides is 1. The molecule has 110 valence electrons. The van der Waals surface area contributed by atoms with E-state index in [1.54, 1.807) is 0 Å². The Labute approximate surface area is 116 Å². The van der Waals surface area contributed by atoms with Crippen LogP contribution in [0.25, 0.3) is 0 Å². The number of carboxylic acids is 1. The fourth-order valence-electron chi connectivity index (χ4n) is 1.42. The van der Waals surface area contributed by atoms with Gasteiger partial charge in [-0.25, -0.2) is 13.2 Å². The monoisotopic (exact) mass is 301 g/mol. The zero-order chi connectivity index (χ0) is 15.5. The molecule has 1 rings (SSSR count). The molecule has 0 spiro atoms. The van der Waals surface area contributed by atoms with Crippen molar-refractivity contribution in [1.29, 1.82) is 0 Å². The van der Waals surface area contributed by atoms with Gasteiger partial charge in [-0.1, -0.05) is 0 Å². The van der Waals surface area contributed by atoms with Crippen LogP contribution in [0.3, 0.4) is 0 Å². The molecule has 0 bridgehead atoms. The first-order valence-electron chi connectivity index (χ1n) is 5.53. The molecule has 0 atom stereocenters. The van der Waals surface area contributed by atoms with E-state index in [2.05, 4.69) is 0 Å². The number of benzene rings is 1. The van der Waals surface area contributed by atoms with Crippen LogP contribution in [-0.2, 0) is 14.6 Å². The summed E-state index contributed by atoms with van der Waals surface area (Å²) < 4.78 is 29.3. The number of rotatable bonds is 5. The second-order valence-electron chi connectivity index (χ2n) is 4.22. The minimum absolute atomic E-state index is 0.00144. The summed E-state index contributed by atoms with van der Waals surface area (Å²) in [6.45, 7) is 0. The quantitative estimate of drug-likeness (QED) is 0.837. The summed E-state index contributed by atoms with van der Waals surface area (Å²) in [7, 11) is 0.150. The molecule has 1 amide bonds. The third-order valence-electron chi connectivity index (χ3n) is 2.56. The fourth-order valence-corrected chi connectivity index (χ4v) is 2.93. The number of carbonyl (C=O) groups is 2. The topological polar surface area (TPSA) is 101 Å². The van der Waals surface area contributed by atoms with E-state index in [9.17, 15) is 18.0 Å². The zero-order valence-electron chi connectivity index (χ0n) is 11.3. The second-order valence-corrected chi connectivity index (χ2v) is 6.18. The van der Waals surface area contributed by atoms with Crippen molar-refractivity contribution in [3.63, 3.8) is 0 Å². The van der Waals surface area contributed by atoms with E-state index < -0.39 is 27.5 Å². The number of methoxy groups -OCH3 is 1. The van der Waals surface area contributed by atoms with Crippen LogP contribution in [0, 0.1) is 0 Å². The molecule has 0 heterocycles. The van der Waals surface area contributed by atoms with Crippen LogP contribution in [0.5, 0.6) is 5.75 Å². The molecule has 1 N–H and O–H groups in total. The lowest BCUT2D eigenvalue weighted by atomic mass is 10.2. The minimum atomic E-state index is -3.98. The molecule has 7 nitrogen and oxygen atoms in total. The van der Waals surface area contributed by atoms with Gasteiger partial charge in [-0.3, -0.25) is 4.79 Å². The van der Waals surface area contributed by atoms with E-state index in [0.717, 1.165) is 11.0 Å². The van der Waals surface area contributed by atoms with E-state index in [-0.39, 0.29) is 16.2 Å². The maximum atomic E-state index is 12.2. The van der Waals surface area contributed by atoms with E-state index in [1.807, 2.05) is 0 Å². The highest BCUT2D eigenvalue weighted by Gasteiger charge is 2.25. The molecule has 0 aromatic heterocycles. The van der Waals surface area contributed by atoms with Crippen molar-refractivity contribution in [3.8, 4) is 5.75 Å². The highest BCUT2D eigenvalue weighted by molar-refractivity contribution is 7.92. The molecule has 0 aliphatic carbocycles. The summed E-state index contributed by atoms with van der Waals surface area (Å²) in [5.41, 5.74) is -0.193. The van der Waals surface area contributed by atoms with Gasteiger partial charge >= 0.3 is 5.97 Å². The average molecular weight is 301 g/mol. The third-order valence-corrected chi connectivity index (χ3v) is 4.17. The van der Waals surface area contributed by atoms with Gasteiger partial charge in [0.05, 0.1) is 12.7 Å². The fraction of sp³-hybridized carbons (Fsp3) is 0.333. The predicted molar refractivity (Wildman–Crippen MR) is 70.7 cm³/mol. The molecule has 1 aromatic rings. The van der Waals surface area contributed by atoms with Gasteiger partial charge in [0.1, 0.15) is 16.4 Å². The van der Waals surface area contributed by atoms with E-state index in [0.29, 0.717) is 0 Å². The minimum Gasteiger partial charge on any atom is -0.495 e. The second kappa shape index (κ2) is 5.91. The maximum absolute atomic E-state index is 12.2. The molecule has 0 aliphatic heterocycles. The summed E-state index contributed by atoms with van der Waals surface area (Å²) in [5.74, 6) is -2.61. The zero-order valence-corrected chi connectivity index (χ0v) is 12.1. The van der Waals surface area contributed by atoms with Crippen molar-refractivity contribution < 1.29 is 27.9 Å². The Kier molecular flexibility index (Phi) is 4.72. The van der Waals surface area contributed by atoms with Crippen LogP contribution >= 0.6 is 0 Å². The van der Waals surface area contributed by atoms with Crippen molar-refractivity contribution in [2.24, 2.45) is 0 Å². The average Bonchev–Trinajstić information content (AvgIpc) is 2.37. The first kappa shape index (κ1) is 16.0. The highest BCUT2D eigenvalue weighted by Crippen LogP contribution is 2.26. The first-order valence-corrected chi connectivity index (χ1v) is 7.18. The molecular weight excluding hydrogens is 286 g/mol. The van der Waals surface area contributed by atoms with Gasteiger partial charge < -0.3 is 14.7 Å². The standard InChI is InChI=1S/C12H15NO6S/c1-13(2)11(14)7-20(17,18)10-6-8(12(15)16)4-5-9(10)19-3/h4-6H,7H2,1-3H3,(H,15,16). The number of ether oxygens (including phenoxy) is 1. The van der Waals surface area contributed by atoms with Crippen molar-refractivity contribution in [2.75, 3.05) is 27.0 Å². The Morgan fingerprint density at radius 1 is 1.30 bits per heavy atom. The predicted octanol–water partition coefficient (Wildman–Crippen LogP) is 0.255. The van der Waals surface area contributed by atoms with Gasteiger partial charge in [0.25, 0.3) is 0 Å². The Bertz CT molecular complexity index is 635. The van der Waals surface area contributed by atoms with Crippen molar-refractivity contribution in [3.05, 3.63) is 23.8 Å². The Morgan fingerprint density at radius 2 is 1.90 bits per heavy atom. The number of carboxylic acid groups (broad SMARTS) is 1. The lowest BCUT2D eigenvalue weighted by molar-refractivity contribution is -0.125. The van der Waals surface area contributed by atoms with E-state index in [1.165, 1.54) is 33.3 Å². The van der Waals surface area contributed by atoms with Gasteiger partial charge in [-0.05, 0) is 18.2 Å². The summed E-state index contributed by atoms with van der Waals surface area (Å²) >= 11 is 0. The van der Waals surface area contributed by atoms with Gasteiger partial charge in [-0.2, -0.15) is 0 Å². The number of hydrogen-bond donors (Lipinski definition) is 1. The molecule has 20 heavy (non-hydrogen) atoms. The molecule has 0 saturated carbocycles.